The summed E-state index contributed by atoms with van der Waals surface area (Å²) in [6.07, 6.45) is -4.02. The quantitative estimate of drug-likeness (QED) is 0.768. The van der Waals surface area contributed by atoms with E-state index in [2.05, 4.69) is 5.32 Å². The summed E-state index contributed by atoms with van der Waals surface area (Å²) in [7, 11) is -4.06. The van der Waals surface area contributed by atoms with E-state index in [0.29, 0.717) is 18.9 Å². The molecule has 1 aliphatic heterocycles. The van der Waals surface area contributed by atoms with E-state index in [0.717, 1.165) is 39.3 Å². The number of hydrogen-bond acceptors (Lipinski definition) is 3. The Morgan fingerprint density at radius 1 is 1.07 bits per heavy atom. The number of halogens is 3. The maximum absolute atomic E-state index is 12.9. The first-order valence-electron chi connectivity index (χ1n) is 9.54. The number of nitrogens with one attached hydrogen (secondary N) is 1. The predicted octanol–water partition coefficient (Wildman–Crippen LogP) is 4.36. The molecule has 0 atom stereocenters. The van der Waals surface area contributed by atoms with E-state index in [-0.39, 0.29) is 24.9 Å². The minimum absolute atomic E-state index is 0.0729. The highest BCUT2D eigenvalue weighted by Gasteiger charge is 2.35. The van der Waals surface area contributed by atoms with Gasteiger partial charge in [-0.05, 0) is 62.1 Å². The molecule has 0 unspecified atom stereocenters. The number of alkyl halides is 3. The number of hydrogen-bond donors (Lipinski definition) is 1. The van der Waals surface area contributed by atoms with Crippen LogP contribution >= 0.6 is 0 Å². The average Bonchev–Trinajstić information content (AvgIpc) is 2.71. The van der Waals surface area contributed by atoms with E-state index in [1.165, 1.54) is 0 Å². The Morgan fingerprint density at radius 3 is 2.33 bits per heavy atom. The third kappa shape index (κ3) is 4.67. The third-order valence-corrected chi connectivity index (χ3v) is 7.38. The summed E-state index contributed by atoms with van der Waals surface area (Å²) in [5, 5.41) is 2.90. The fourth-order valence-electron chi connectivity index (χ4n) is 3.46. The number of carbonyl (C=O) groups is 1. The van der Waals surface area contributed by atoms with Crippen LogP contribution in [0.1, 0.15) is 29.5 Å². The van der Waals surface area contributed by atoms with Crippen LogP contribution in [0.15, 0.2) is 47.4 Å². The minimum Gasteiger partial charge on any atom is -0.326 e. The van der Waals surface area contributed by atoms with Gasteiger partial charge in [-0.2, -0.15) is 17.5 Å². The third-order valence-electron chi connectivity index (χ3n) is 5.49. The molecule has 1 heterocycles. The Hall–Kier alpha value is -2.39. The summed E-state index contributed by atoms with van der Waals surface area (Å²) < 4.78 is 65.4. The van der Waals surface area contributed by atoms with Gasteiger partial charge < -0.3 is 5.32 Å². The van der Waals surface area contributed by atoms with Crippen molar-refractivity contribution in [2.24, 2.45) is 5.92 Å². The first-order chi connectivity index (χ1) is 14.0. The van der Waals surface area contributed by atoms with Gasteiger partial charge in [-0.1, -0.05) is 18.2 Å². The number of nitrogens with zero attached hydrogens (tertiary/aromatic N) is 1. The van der Waals surface area contributed by atoms with Crippen molar-refractivity contribution in [3.8, 4) is 0 Å². The smallest absolute Gasteiger partial charge is 0.326 e. The second-order valence-electron chi connectivity index (χ2n) is 7.44. The molecule has 0 saturated carbocycles. The van der Waals surface area contributed by atoms with Crippen molar-refractivity contribution < 1.29 is 26.4 Å². The molecule has 5 nitrogen and oxygen atoms in total. The van der Waals surface area contributed by atoms with Gasteiger partial charge in [-0.25, -0.2) is 8.42 Å². The van der Waals surface area contributed by atoms with Gasteiger partial charge in [0.05, 0.1) is 10.5 Å². The second-order valence-corrected chi connectivity index (χ2v) is 9.38. The average molecular weight is 440 g/mol. The first-order valence-corrected chi connectivity index (χ1v) is 11.0. The topological polar surface area (TPSA) is 66.5 Å². The van der Waals surface area contributed by atoms with Crippen LogP contribution in [0.4, 0.5) is 18.9 Å². The highest BCUT2D eigenvalue weighted by Crippen LogP contribution is 2.32. The molecule has 1 N–H and O–H groups in total. The summed E-state index contributed by atoms with van der Waals surface area (Å²) in [5.41, 5.74) is 1.73. The van der Waals surface area contributed by atoms with Crippen molar-refractivity contribution in [1.29, 1.82) is 0 Å². The van der Waals surface area contributed by atoms with E-state index >= 15 is 0 Å². The van der Waals surface area contributed by atoms with E-state index in [1.54, 1.807) is 0 Å². The van der Waals surface area contributed by atoms with E-state index in [4.69, 9.17) is 0 Å². The summed E-state index contributed by atoms with van der Waals surface area (Å²) in [5.74, 6) is -0.544. The lowest BCUT2D eigenvalue weighted by atomic mass is 9.97. The van der Waals surface area contributed by atoms with Gasteiger partial charge in [-0.15, -0.1) is 0 Å². The molecular weight excluding hydrogens is 417 g/mol. The molecule has 0 spiro atoms. The van der Waals surface area contributed by atoms with Crippen LogP contribution < -0.4 is 5.32 Å². The Bertz CT molecular complexity index is 1040. The van der Waals surface area contributed by atoms with Crippen LogP contribution in [0.3, 0.4) is 0 Å². The van der Waals surface area contributed by atoms with Crippen LogP contribution in [0.2, 0.25) is 0 Å². The van der Waals surface area contributed by atoms with Crippen LogP contribution in [0, 0.1) is 19.8 Å². The highest BCUT2D eigenvalue weighted by atomic mass is 32.2. The fourth-order valence-corrected chi connectivity index (χ4v) is 4.98. The molecule has 1 fully saturated rings. The number of piperidine rings is 1. The zero-order valence-electron chi connectivity index (χ0n) is 16.7. The van der Waals surface area contributed by atoms with Gasteiger partial charge in [0.15, 0.2) is 0 Å². The predicted molar refractivity (Wildman–Crippen MR) is 107 cm³/mol. The largest absolute Gasteiger partial charge is 0.416 e. The molecule has 1 saturated heterocycles. The normalized spacial score (nSPS) is 16.4. The summed E-state index contributed by atoms with van der Waals surface area (Å²) in [6, 6.07) is 9.33. The number of aryl methyl sites for hydroxylation is 1. The SMILES string of the molecule is Cc1cccc(NC(=O)C2CCN(S(=O)(=O)c3cccc(C(F)(F)F)c3)CC2)c1C. The lowest BCUT2D eigenvalue weighted by molar-refractivity contribution is -0.137. The van der Waals surface area contributed by atoms with Gasteiger partial charge in [-0.3, -0.25) is 4.79 Å². The van der Waals surface area contributed by atoms with Crippen molar-refractivity contribution in [2.75, 3.05) is 18.4 Å². The Morgan fingerprint density at radius 2 is 1.70 bits per heavy atom. The Balaban J connectivity index is 1.67. The van der Waals surface area contributed by atoms with Gasteiger partial charge in [0.25, 0.3) is 0 Å². The molecule has 0 radical (unpaired) electrons. The van der Waals surface area contributed by atoms with E-state index in [9.17, 15) is 26.4 Å². The molecule has 0 bridgehead atoms. The van der Waals surface area contributed by atoms with E-state index in [1.807, 2.05) is 32.0 Å². The molecule has 2 aromatic rings. The summed E-state index contributed by atoms with van der Waals surface area (Å²) in [4.78, 5) is 12.2. The molecule has 9 heteroatoms. The van der Waals surface area contributed by atoms with Crippen LogP contribution in [-0.4, -0.2) is 31.7 Å². The standard InChI is InChI=1S/C21H23F3N2O3S/c1-14-5-3-8-19(15(14)2)25-20(27)16-9-11-26(12-10-16)30(28,29)18-7-4-6-17(13-18)21(22,23)24/h3-8,13,16H,9-12H2,1-2H3,(H,25,27). The van der Waals surface area contributed by atoms with Gasteiger partial charge >= 0.3 is 6.18 Å². The van der Waals surface area contributed by atoms with Crippen molar-refractivity contribution >= 4 is 21.6 Å². The first kappa shape index (κ1) is 22.3. The molecule has 30 heavy (non-hydrogen) atoms. The molecule has 1 aliphatic rings. The second kappa shape index (κ2) is 8.39. The molecule has 162 valence electrons. The maximum Gasteiger partial charge on any atom is 0.416 e. The molecule has 0 aromatic heterocycles. The van der Waals surface area contributed by atoms with Gasteiger partial charge in [0.1, 0.15) is 0 Å². The van der Waals surface area contributed by atoms with Crippen LogP contribution in [0.25, 0.3) is 0 Å². The number of anilines is 1. The van der Waals surface area contributed by atoms with Crippen molar-refractivity contribution in [1.82, 2.24) is 4.31 Å². The van der Waals surface area contributed by atoms with Crippen molar-refractivity contribution in [2.45, 2.75) is 37.8 Å². The summed E-state index contributed by atoms with van der Waals surface area (Å²) >= 11 is 0. The lowest BCUT2D eigenvalue weighted by Gasteiger charge is -2.30. The fraction of sp³-hybridized carbons (Fsp3) is 0.381. The minimum atomic E-state index is -4.62. The van der Waals surface area contributed by atoms with Crippen LogP contribution in [-0.2, 0) is 21.0 Å². The molecule has 3 rings (SSSR count). The van der Waals surface area contributed by atoms with Gasteiger partial charge in [0.2, 0.25) is 15.9 Å². The number of carbonyl (C=O) groups excluding carboxylic acids is 1. The lowest BCUT2D eigenvalue weighted by Crippen LogP contribution is -2.41. The molecule has 1 amide bonds. The number of benzene rings is 2. The zero-order valence-corrected chi connectivity index (χ0v) is 17.5. The summed E-state index contributed by atoms with van der Waals surface area (Å²) in [6.45, 7) is 4.00. The van der Waals surface area contributed by atoms with Crippen molar-refractivity contribution in [3.63, 3.8) is 0 Å². The number of rotatable bonds is 4. The van der Waals surface area contributed by atoms with Gasteiger partial charge in [0, 0.05) is 24.7 Å². The Labute approximate surface area is 173 Å². The molecule has 0 aliphatic carbocycles. The monoisotopic (exact) mass is 440 g/mol. The van der Waals surface area contributed by atoms with Crippen LogP contribution in [0.5, 0.6) is 0 Å². The maximum atomic E-state index is 12.9. The highest BCUT2D eigenvalue weighted by molar-refractivity contribution is 7.89. The van der Waals surface area contributed by atoms with Crippen molar-refractivity contribution in [3.05, 3.63) is 59.2 Å². The molecular formula is C21H23F3N2O3S. The Kier molecular flexibility index (Phi) is 6.24. The number of sulfonamides is 1. The zero-order chi connectivity index (χ0) is 22.1. The molecule has 2 aromatic carbocycles. The van der Waals surface area contributed by atoms with E-state index < -0.39 is 26.7 Å². The number of amides is 1.